The third kappa shape index (κ3) is 4.66. The van der Waals surface area contributed by atoms with Gasteiger partial charge in [-0.1, -0.05) is 6.07 Å². The van der Waals surface area contributed by atoms with Gasteiger partial charge in [-0.15, -0.1) is 0 Å². The number of esters is 1. The Labute approximate surface area is 171 Å². The molecule has 0 bridgehead atoms. The van der Waals surface area contributed by atoms with Crippen molar-refractivity contribution < 1.29 is 19.2 Å². The number of pyridine rings is 1. The molecule has 1 aromatic carbocycles. The maximum atomic E-state index is 12.3. The summed E-state index contributed by atoms with van der Waals surface area (Å²) in [6, 6.07) is 10.5. The third-order valence-electron chi connectivity index (χ3n) is 4.19. The van der Waals surface area contributed by atoms with Gasteiger partial charge in [-0.2, -0.15) is 5.10 Å². The lowest BCUT2D eigenvalue weighted by molar-refractivity contribution is -0.384. The van der Waals surface area contributed by atoms with Gasteiger partial charge in [0.1, 0.15) is 0 Å². The van der Waals surface area contributed by atoms with Crippen LogP contribution in [0.4, 0.5) is 11.4 Å². The minimum atomic E-state index is -1.12. The highest BCUT2D eigenvalue weighted by atomic mass is 16.6. The van der Waals surface area contributed by atoms with Crippen LogP contribution in [0.15, 0.2) is 48.7 Å². The minimum absolute atomic E-state index is 0.161. The average molecular weight is 409 g/mol. The Kier molecular flexibility index (Phi) is 5.86. The zero-order chi connectivity index (χ0) is 21.8. The quantitative estimate of drug-likeness (QED) is 0.376. The van der Waals surface area contributed by atoms with E-state index in [0.29, 0.717) is 5.82 Å². The standard InChI is InChI=1S/C20H19N5O5/c1-12-9-13(2)24(23-12)18-8-7-15(11-21-18)20(27)30-14(3)19(26)22-16-5-4-6-17(10-16)25(28)29/h4-11,14H,1-3H3,(H,22,26). The molecule has 154 valence electrons. The van der Waals surface area contributed by atoms with E-state index in [2.05, 4.69) is 15.4 Å². The maximum Gasteiger partial charge on any atom is 0.340 e. The van der Waals surface area contributed by atoms with E-state index in [1.165, 1.54) is 43.5 Å². The Bertz CT molecular complexity index is 1110. The Hall–Kier alpha value is -4.08. The van der Waals surface area contributed by atoms with Crippen LogP contribution in [-0.2, 0) is 9.53 Å². The summed E-state index contributed by atoms with van der Waals surface area (Å²) in [5, 5.41) is 17.6. The number of aryl methyl sites for hydroxylation is 2. The van der Waals surface area contributed by atoms with Crippen LogP contribution >= 0.6 is 0 Å². The summed E-state index contributed by atoms with van der Waals surface area (Å²) < 4.78 is 6.83. The van der Waals surface area contributed by atoms with Crippen molar-refractivity contribution in [1.29, 1.82) is 0 Å². The van der Waals surface area contributed by atoms with Gasteiger partial charge in [0.15, 0.2) is 11.9 Å². The number of nitrogens with one attached hydrogen (secondary N) is 1. The number of anilines is 1. The molecule has 0 radical (unpaired) electrons. The van der Waals surface area contributed by atoms with Gasteiger partial charge >= 0.3 is 5.97 Å². The molecule has 0 saturated carbocycles. The number of non-ortho nitro benzene ring substituents is 1. The van der Waals surface area contributed by atoms with Crippen LogP contribution in [0.2, 0.25) is 0 Å². The molecule has 0 aliphatic heterocycles. The summed E-state index contributed by atoms with van der Waals surface area (Å²) in [5.41, 5.74) is 2.00. The predicted molar refractivity (Wildman–Crippen MR) is 107 cm³/mol. The van der Waals surface area contributed by atoms with Crippen molar-refractivity contribution >= 4 is 23.3 Å². The van der Waals surface area contributed by atoms with E-state index >= 15 is 0 Å². The molecule has 1 atom stereocenters. The van der Waals surface area contributed by atoms with E-state index in [-0.39, 0.29) is 16.9 Å². The second-order valence-electron chi connectivity index (χ2n) is 6.59. The molecule has 0 spiro atoms. The molecule has 2 heterocycles. The number of rotatable bonds is 6. The molecule has 1 N–H and O–H groups in total. The van der Waals surface area contributed by atoms with Crippen molar-refractivity contribution in [3.05, 3.63) is 75.7 Å². The number of carbonyl (C=O) groups excluding carboxylic acids is 2. The van der Waals surface area contributed by atoms with E-state index in [9.17, 15) is 19.7 Å². The molecular formula is C20H19N5O5. The molecule has 30 heavy (non-hydrogen) atoms. The monoisotopic (exact) mass is 409 g/mol. The molecular weight excluding hydrogens is 390 g/mol. The van der Waals surface area contributed by atoms with Crippen LogP contribution < -0.4 is 5.32 Å². The third-order valence-corrected chi connectivity index (χ3v) is 4.19. The highest BCUT2D eigenvalue weighted by molar-refractivity contribution is 5.97. The van der Waals surface area contributed by atoms with E-state index in [0.717, 1.165) is 11.4 Å². The summed E-state index contributed by atoms with van der Waals surface area (Å²) in [5.74, 6) is -0.784. The smallest absolute Gasteiger partial charge is 0.340 e. The summed E-state index contributed by atoms with van der Waals surface area (Å²) in [6.07, 6.45) is 0.228. The molecule has 3 rings (SSSR count). The van der Waals surface area contributed by atoms with Crippen molar-refractivity contribution in [2.75, 3.05) is 5.32 Å². The molecule has 0 saturated heterocycles. The molecule has 10 heteroatoms. The van der Waals surface area contributed by atoms with Crippen LogP contribution in [0.5, 0.6) is 0 Å². The van der Waals surface area contributed by atoms with Crippen molar-refractivity contribution in [3.63, 3.8) is 0 Å². The lowest BCUT2D eigenvalue weighted by atomic mass is 10.2. The number of nitrogens with zero attached hydrogens (tertiary/aromatic N) is 4. The SMILES string of the molecule is Cc1cc(C)n(-c2ccc(C(=O)OC(C)C(=O)Nc3cccc([N+](=O)[O-])c3)cn2)n1. The molecule has 0 aliphatic carbocycles. The second kappa shape index (κ2) is 8.52. The number of ether oxygens (including phenoxy) is 1. The van der Waals surface area contributed by atoms with Crippen molar-refractivity contribution in [2.24, 2.45) is 0 Å². The molecule has 3 aromatic rings. The largest absolute Gasteiger partial charge is 0.449 e. The Morgan fingerprint density at radius 2 is 1.97 bits per heavy atom. The topological polar surface area (TPSA) is 129 Å². The van der Waals surface area contributed by atoms with E-state index < -0.39 is 22.9 Å². The fraction of sp³-hybridized carbons (Fsp3) is 0.200. The van der Waals surface area contributed by atoms with Crippen LogP contribution in [-0.4, -0.2) is 37.7 Å². The van der Waals surface area contributed by atoms with Gasteiger partial charge in [-0.25, -0.2) is 14.5 Å². The van der Waals surface area contributed by atoms with Crippen LogP contribution in [0.25, 0.3) is 5.82 Å². The average Bonchev–Trinajstić information content (AvgIpc) is 3.06. The maximum absolute atomic E-state index is 12.3. The summed E-state index contributed by atoms with van der Waals surface area (Å²) in [7, 11) is 0. The molecule has 0 aliphatic rings. The van der Waals surface area contributed by atoms with Gasteiger partial charge in [0, 0.05) is 29.7 Å². The number of hydrogen-bond donors (Lipinski definition) is 1. The molecule has 2 aromatic heterocycles. The minimum Gasteiger partial charge on any atom is -0.449 e. The van der Waals surface area contributed by atoms with Gasteiger partial charge in [0.05, 0.1) is 16.2 Å². The normalized spacial score (nSPS) is 11.6. The molecule has 1 amide bonds. The number of benzene rings is 1. The van der Waals surface area contributed by atoms with Crippen molar-refractivity contribution in [3.8, 4) is 5.82 Å². The Morgan fingerprint density at radius 3 is 2.57 bits per heavy atom. The first-order valence-corrected chi connectivity index (χ1v) is 9.00. The Balaban J connectivity index is 1.63. The number of carbonyl (C=O) groups is 2. The van der Waals surface area contributed by atoms with Crippen LogP contribution in [0.1, 0.15) is 28.7 Å². The fourth-order valence-corrected chi connectivity index (χ4v) is 2.72. The van der Waals surface area contributed by atoms with Crippen LogP contribution in [0, 0.1) is 24.0 Å². The van der Waals surface area contributed by atoms with E-state index in [1.54, 1.807) is 10.7 Å². The first-order chi connectivity index (χ1) is 14.2. The Morgan fingerprint density at radius 1 is 1.20 bits per heavy atom. The van der Waals surface area contributed by atoms with Gasteiger partial charge in [0.25, 0.3) is 11.6 Å². The summed E-state index contributed by atoms with van der Waals surface area (Å²) in [6.45, 7) is 5.17. The van der Waals surface area contributed by atoms with Gasteiger partial charge < -0.3 is 10.1 Å². The van der Waals surface area contributed by atoms with Crippen molar-refractivity contribution in [2.45, 2.75) is 26.9 Å². The van der Waals surface area contributed by atoms with E-state index in [4.69, 9.17) is 4.74 Å². The lowest BCUT2D eigenvalue weighted by Gasteiger charge is -2.13. The predicted octanol–water partition coefficient (Wildman–Crippen LogP) is 2.98. The number of aromatic nitrogens is 3. The van der Waals surface area contributed by atoms with Crippen molar-refractivity contribution in [1.82, 2.24) is 14.8 Å². The van der Waals surface area contributed by atoms with Gasteiger partial charge in [-0.3, -0.25) is 14.9 Å². The molecule has 1 unspecified atom stereocenters. The zero-order valence-electron chi connectivity index (χ0n) is 16.5. The van der Waals surface area contributed by atoms with E-state index in [1.807, 2.05) is 19.9 Å². The fourth-order valence-electron chi connectivity index (χ4n) is 2.72. The molecule has 0 fully saturated rings. The first-order valence-electron chi connectivity index (χ1n) is 9.00. The second-order valence-corrected chi connectivity index (χ2v) is 6.59. The number of nitro groups is 1. The highest BCUT2D eigenvalue weighted by Gasteiger charge is 2.20. The molecule has 10 nitrogen and oxygen atoms in total. The summed E-state index contributed by atoms with van der Waals surface area (Å²) in [4.78, 5) is 39.1. The van der Waals surface area contributed by atoms with Gasteiger partial charge in [-0.05, 0) is 45.0 Å². The van der Waals surface area contributed by atoms with Gasteiger partial charge in [0.2, 0.25) is 0 Å². The summed E-state index contributed by atoms with van der Waals surface area (Å²) >= 11 is 0. The first kappa shape index (κ1) is 20.6. The zero-order valence-corrected chi connectivity index (χ0v) is 16.5. The number of hydrogen-bond acceptors (Lipinski definition) is 7. The van der Waals surface area contributed by atoms with Crippen LogP contribution in [0.3, 0.4) is 0 Å². The number of amides is 1. The highest BCUT2D eigenvalue weighted by Crippen LogP contribution is 2.18. The number of nitro benzene ring substituents is 1. The lowest BCUT2D eigenvalue weighted by Crippen LogP contribution is -2.30.